The standard InChI is InChI=1S/C19H16FN5O2/c1-8-17-15(13(7-22-8)27-9-2-3-9)14(16(21)19(26)24-17)10-4-5-12(20)18-11(10)6-23-25-18/h4-7,9H,2-3,21H2,1H3,(H,23,25)(H,24,26). The minimum absolute atomic E-state index is 0.0443. The maximum Gasteiger partial charge on any atom is 0.272 e. The van der Waals surface area contributed by atoms with E-state index in [1.165, 1.54) is 12.3 Å². The number of anilines is 1. The minimum Gasteiger partial charge on any atom is -0.488 e. The smallest absolute Gasteiger partial charge is 0.272 e. The number of hydrogen-bond donors (Lipinski definition) is 3. The molecule has 0 unspecified atom stereocenters. The van der Waals surface area contributed by atoms with Crippen LogP contribution in [0.25, 0.3) is 32.9 Å². The molecule has 0 radical (unpaired) electrons. The van der Waals surface area contributed by atoms with Crippen LogP contribution in [0, 0.1) is 12.7 Å². The predicted molar refractivity (Wildman–Crippen MR) is 100 cm³/mol. The summed E-state index contributed by atoms with van der Waals surface area (Å²) < 4.78 is 20.2. The van der Waals surface area contributed by atoms with E-state index in [0.29, 0.717) is 38.9 Å². The molecule has 5 rings (SSSR count). The van der Waals surface area contributed by atoms with Crippen LogP contribution in [-0.4, -0.2) is 26.3 Å². The average molecular weight is 365 g/mol. The Hall–Kier alpha value is -3.42. The van der Waals surface area contributed by atoms with Crippen molar-refractivity contribution in [2.75, 3.05) is 5.73 Å². The molecule has 1 aliphatic rings. The molecule has 0 spiro atoms. The van der Waals surface area contributed by atoms with Gasteiger partial charge < -0.3 is 15.5 Å². The van der Waals surface area contributed by atoms with Crippen LogP contribution in [0.1, 0.15) is 18.5 Å². The maximum absolute atomic E-state index is 14.1. The molecule has 1 saturated carbocycles. The summed E-state index contributed by atoms with van der Waals surface area (Å²) in [6.07, 6.45) is 5.27. The summed E-state index contributed by atoms with van der Waals surface area (Å²) in [6.45, 7) is 1.80. The lowest BCUT2D eigenvalue weighted by molar-refractivity contribution is 0.306. The van der Waals surface area contributed by atoms with E-state index < -0.39 is 11.4 Å². The number of pyridine rings is 2. The van der Waals surface area contributed by atoms with Gasteiger partial charge in [-0.2, -0.15) is 5.10 Å². The van der Waals surface area contributed by atoms with Crippen molar-refractivity contribution in [2.24, 2.45) is 0 Å². The third-order valence-electron chi connectivity index (χ3n) is 4.89. The predicted octanol–water partition coefficient (Wildman–Crippen LogP) is 3.04. The molecule has 136 valence electrons. The second-order valence-electron chi connectivity index (χ2n) is 6.77. The minimum atomic E-state index is -0.425. The summed E-state index contributed by atoms with van der Waals surface area (Å²) in [5.41, 5.74) is 8.40. The highest BCUT2D eigenvalue weighted by atomic mass is 19.1. The maximum atomic E-state index is 14.1. The SMILES string of the molecule is Cc1ncc(OC2CC2)c2c(-c3ccc(F)c4[nH]ncc34)c(N)c(=O)[nH]c12. The lowest BCUT2D eigenvalue weighted by Gasteiger charge is -2.16. The van der Waals surface area contributed by atoms with Crippen LogP contribution in [0.4, 0.5) is 10.1 Å². The van der Waals surface area contributed by atoms with Gasteiger partial charge in [0.25, 0.3) is 5.56 Å². The molecule has 7 nitrogen and oxygen atoms in total. The molecule has 3 heterocycles. The number of halogens is 1. The highest BCUT2D eigenvalue weighted by Gasteiger charge is 2.27. The Morgan fingerprint density at radius 1 is 1.26 bits per heavy atom. The molecular weight excluding hydrogens is 349 g/mol. The van der Waals surface area contributed by atoms with E-state index in [9.17, 15) is 9.18 Å². The number of nitrogens with zero attached hydrogens (tertiary/aromatic N) is 2. The number of nitrogens with one attached hydrogen (secondary N) is 2. The van der Waals surface area contributed by atoms with Crippen LogP contribution < -0.4 is 16.0 Å². The molecule has 0 aliphatic heterocycles. The Balaban J connectivity index is 1.94. The van der Waals surface area contributed by atoms with Gasteiger partial charge in [0.2, 0.25) is 0 Å². The van der Waals surface area contributed by atoms with Crippen LogP contribution in [-0.2, 0) is 0 Å². The summed E-state index contributed by atoms with van der Waals surface area (Å²) in [5.74, 6) is 0.128. The van der Waals surface area contributed by atoms with Crippen molar-refractivity contribution in [2.45, 2.75) is 25.9 Å². The average Bonchev–Trinajstić information content (AvgIpc) is 3.32. The monoisotopic (exact) mass is 365 g/mol. The Bertz CT molecular complexity index is 1270. The molecule has 1 aliphatic carbocycles. The Kier molecular flexibility index (Phi) is 3.24. The van der Waals surface area contributed by atoms with Crippen molar-refractivity contribution in [3.63, 3.8) is 0 Å². The molecule has 3 aromatic heterocycles. The molecule has 1 aromatic carbocycles. The van der Waals surface area contributed by atoms with Gasteiger partial charge in [0.05, 0.1) is 35.1 Å². The first-order valence-corrected chi connectivity index (χ1v) is 8.64. The van der Waals surface area contributed by atoms with Gasteiger partial charge in [-0.1, -0.05) is 6.07 Å². The Labute approximate surface area is 152 Å². The fourth-order valence-electron chi connectivity index (χ4n) is 3.37. The van der Waals surface area contributed by atoms with E-state index in [-0.39, 0.29) is 17.3 Å². The molecule has 0 saturated heterocycles. The van der Waals surface area contributed by atoms with E-state index in [4.69, 9.17) is 10.5 Å². The molecule has 27 heavy (non-hydrogen) atoms. The van der Waals surface area contributed by atoms with Crippen LogP contribution in [0.3, 0.4) is 0 Å². The first-order chi connectivity index (χ1) is 13.0. The van der Waals surface area contributed by atoms with Crippen LogP contribution in [0.5, 0.6) is 5.75 Å². The van der Waals surface area contributed by atoms with E-state index in [1.807, 2.05) is 0 Å². The number of ether oxygens (including phenoxy) is 1. The Morgan fingerprint density at radius 2 is 2.07 bits per heavy atom. The molecule has 0 amide bonds. The number of rotatable bonds is 3. The lowest BCUT2D eigenvalue weighted by atomic mass is 9.96. The topological polar surface area (TPSA) is 110 Å². The van der Waals surface area contributed by atoms with Gasteiger partial charge in [0.15, 0.2) is 0 Å². The molecule has 0 atom stereocenters. The number of aromatic nitrogens is 4. The quantitative estimate of drug-likeness (QED) is 0.517. The molecule has 1 fully saturated rings. The third kappa shape index (κ3) is 2.37. The zero-order valence-corrected chi connectivity index (χ0v) is 14.5. The largest absolute Gasteiger partial charge is 0.488 e. The van der Waals surface area contributed by atoms with Crippen molar-refractivity contribution < 1.29 is 9.13 Å². The number of fused-ring (bicyclic) bond motifs is 2. The van der Waals surface area contributed by atoms with Crippen molar-refractivity contribution in [1.82, 2.24) is 20.2 Å². The first kappa shape index (κ1) is 15.8. The number of nitrogen functional groups attached to an aromatic ring is 1. The summed E-state index contributed by atoms with van der Waals surface area (Å²) in [4.78, 5) is 19.7. The summed E-state index contributed by atoms with van der Waals surface area (Å²) in [5, 5.41) is 7.81. The summed E-state index contributed by atoms with van der Waals surface area (Å²) in [7, 11) is 0. The molecule has 0 bridgehead atoms. The van der Waals surface area contributed by atoms with Gasteiger partial charge in [-0.3, -0.25) is 14.9 Å². The van der Waals surface area contributed by atoms with Gasteiger partial charge >= 0.3 is 0 Å². The van der Waals surface area contributed by atoms with Gasteiger partial charge in [-0.25, -0.2) is 4.39 Å². The zero-order valence-electron chi connectivity index (χ0n) is 14.5. The molecule has 8 heteroatoms. The van der Waals surface area contributed by atoms with Crippen LogP contribution in [0.2, 0.25) is 0 Å². The lowest BCUT2D eigenvalue weighted by Crippen LogP contribution is -2.15. The van der Waals surface area contributed by atoms with Gasteiger partial charge in [-0.15, -0.1) is 0 Å². The third-order valence-corrected chi connectivity index (χ3v) is 4.89. The fourth-order valence-corrected chi connectivity index (χ4v) is 3.37. The first-order valence-electron chi connectivity index (χ1n) is 8.64. The van der Waals surface area contributed by atoms with Crippen LogP contribution in [0.15, 0.2) is 29.3 Å². The summed E-state index contributed by atoms with van der Waals surface area (Å²) >= 11 is 0. The molecular formula is C19H16FN5O2. The van der Waals surface area contributed by atoms with E-state index >= 15 is 0 Å². The van der Waals surface area contributed by atoms with Gasteiger partial charge in [0.1, 0.15) is 22.8 Å². The van der Waals surface area contributed by atoms with E-state index in [0.717, 1.165) is 12.8 Å². The summed E-state index contributed by atoms with van der Waals surface area (Å²) in [6, 6.07) is 2.94. The van der Waals surface area contributed by atoms with Crippen LogP contribution >= 0.6 is 0 Å². The molecule has 4 N–H and O–H groups in total. The second-order valence-corrected chi connectivity index (χ2v) is 6.77. The Morgan fingerprint density at radius 3 is 2.85 bits per heavy atom. The zero-order chi connectivity index (χ0) is 18.7. The number of benzene rings is 1. The van der Waals surface area contributed by atoms with Gasteiger partial charge in [0, 0.05) is 10.9 Å². The number of nitrogens with two attached hydrogens (primary N) is 1. The van der Waals surface area contributed by atoms with Crippen molar-refractivity contribution in [3.8, 4) is 16.9 Å². The van der Waals surface area contributed by atoms with Crippen molar-refractivity contribution in [3.05, 3.63) is 46.4 Å². The second kappa shape index (κ2) is 5.54. The number of aromatic amines is 2. The fraction of sp³-hybridized carbons (Fsp3) is 0.211. The number of hydrogen-bond acceptors (Lipinski definition) is 5. The highest BCUT2D eigenvalue weighted by molar-refractivity contribution is 6.10. The van der Waals surface area contributed by atoms with Crippen molar-refractivity contribution >= 4 is 27.5 Å². The highest BCUT2D eigenvalue weighted by Crippen LogP contribution is 2.41. The normalized spacial score (nSPS) is 14.1. The number of H-pyrrole nitrogens is 2. The van der Waals surface area contributed by atoms with Gasteiger partial charge in [-0.05, 0) is 31.4 Å². The van der Waals surface area contributed by atoms with E-state index in [1.54, 1.807) is 19.2 Å². The molecule has 4 aromatic rings. The van der Waals surface area contributed by atoms with E-state index in [2.05, 4.69) is 20.2 Å². The number of aryl methyl sites for hydroxylation is 1. The van der Waals surface area contributed by atoms with Crippen molar-refractivity contribution in [1.29, 1.82) is 0 Å².